The van der Waals surface area contributed by atoms with Crippen LogP contribution in [0.15, 0.2) is 30.6 Å². The third kappa shape index (κ3) is 5.08. The molecule has 4 rings (SSSR count). The fourth-order valence-electron chi connectivity index (χ4n) is 3.92. The monoisotopic (exact) mass is 517 g/mol. The van der Waals surface area contributed by atoms with E-state index in [-0.39, 0.29) is 32.6 Å². The standard InChI is InChI=1S/C23H24ClF4N3O2S/c1-23(2,3)11-31-10-16(21(22(27)28)30-34(32,33)13-4-5-13)14-7-17(25)15(8-19(14)31)20-18(26)6-12(24)9-29-20/h6-10,13,21-22,30H,4-5,11H2,1-3H3/t21-/m0/s1. The molecule has 1 saturated carbocycles. The summed E-state index contributed by atoms with van der Waals surface area (Å²) in [6, 6.07) is 1.52. The third-order valence-electron chi connectivity index (χ3n) is 5.55. The highest BCUT2D eigenvalue weighted by atomic mass is 35.5. The van der Waals surface area contributed by atoms with E-state index in [0.29, 0.717) is 24.9 Å². The zero-order chi connectivity index (χ0) is 25.0. The maximum absolute atomic E-state index is 15.2. The van der Waals surface area contributed by atoms with Gasteiger partial charge in [-0.15, -0.1) is 0 Å². The van der Waals surface area contributed by atoms with Crippen LogP contribution < -0.4 is 4.72 Å². The number of pyridine rings is 1. The van der Waals surface area contributed by atoms with E-state index < -0.39 is 39.4 Å². The summed E-state index contributed by atoms with van der Waals surface area (Å²) in [7, 11) is -3.95. The molecule has 1 aliphatic rings. The topological polar surface area (TPSA) is 64.0 Å². The Hall–Kier alpha value is -2.17. The predicted molar refractivity (Wildman–Crippen MR) is 123 cm³/mol. The van der Waals surface area contributed by atoms with Gasteiger partial charge in [-0.3, -0.25) is 4.98 Å². The second-order valence-corrected chi connectivity index (χ2v) is 12.2. The van der Waals surface area contributed by atoms with Crippen LogP contribution in [0.2, 0.25) is 5.02 Å². The molecule has 11 heteroatoms. The molecule has 1 N–H and O–H groups in total. The number of nitrogens with one attached hydrogen (secondary N) is 1. The van der Waals surface area contributed by atoms with Crippen LogP contribution in [0, 0.1) is 17.0 Å². The lowest BCUT2D eigenvalue weighted by atomic mass is 9.97. The Kier molecular flexibility index (Phi) is 6.46. The van der Waals surface area contributed by atoms with Crippen LogP contribution in [-0.2, 0) is 16.6 Å². The number of hydrogen-bond acceptors (Lipinski definition) is 3. The van der Waals surface area contributed by atoms with Gasteiger partial charge < -0.3 is 4.57 Å². The molecule has 0 saturated heterocycles. The minimum absolute atomic E-state index is 0.0452. The van der Waals surface area contributed by atoms with Crippen LogP contribution in [0.5, 0.6) is 0 Å². The van der Waals surface area contributed by atoms with Gasteiger partial charge in [0, 0.05) is 41.0 Å². The molecule has 0 radical (unpaired) electrons. The summed E-state index contributed by atoms with van der Waals surface area (Å²) in [5.74, 6) is -1.71. The Labute approximate surface area is 200 Å². The van der Waals surface area contributed by atoms with Crippen molar-refractivity contribution in [3.8, 4) is 11.3 Å². The van der Waals surface area contributed by atoms with Crippen molar-refractivity contribution >= 4 is 32.5 Å². The second-order valence-electron chi connectivity index (χ2n) is 9.78. The average Bonchev–Trinajstić information content (AvgIpc) is 3.51. The van der Waals surface area contributed by atoms with E-state index in [9.17, 15) is 21.6 Å². The zero-order valence-corrected chi connectivity index (χ0v) is 20.3. The fraction of sp³-hybridized carbons (Fsp3) is 0.435. The highest BCUT2D eigenvalue weighted by Crippen LogP contribution is 2.38. The number of hydrogen-bond donors (Lipinski definition) is 1. The minimum atomic E-state index is -3.95. The van der Waals surface area contributed by atoms with Gasteiger partial charge in [-0.25, -0.2) is 30.7 Å². The van der Waals surface area contributed by atoms with Crippen molar-refractivity contribution in [2.24, 2.45) is 5.41 Å². The average molecular weight is 518 g/mol. The van der Waals surface area contributed by atoms with E-state index in [2.05, 4.69) is 9.71 Å². The van der Waals surface area contributed by atoms with Crippen LogP contribution in [0.25, 0.3) is 22.2 Å². The third-order valence-corrected chi connectivity index (χ3v) is 7.69. The molecule has 2 heterocycles. The summed E-state index contributed by atoms with van der Waals surface area (Å²) < 4.78 is 86.5. The first-order valence-corrected chi connectivity index (χ1v) is 12.6. The molecule has 0 unspecified atom stereocenters. The van der Waals surface area contributed by atoms with Gasteiger partial charge in [-0.2, -0.15) is 0 Å². The van der Waals surface area contributed by atoms with Crippen molar-refractivity contribution in [2.45, 2.75) is 57.9 Å². The lowest BCUT2D eigenvalue weighted by molar-refractivity contribution is 0.109. The highest BCUT2D eigenvalue weighted by molar-refractivity contribution is 7.90. The number of aromatic nitrogens is 2. The maximum Gasteiger partial charge on any atom is 0.258 e. The number of benzene rings is 1. The van der Waals surface area contributed by atoms with E-state index in [1.807, 2.05) is 20.8 Å². The van der Waals surface area contributed by atoms with Gasteiger partial charge in [0.05, 0.1) is 10.3 Å². The number of alkyl halides is 2. The first-order valence-electron chi connectivity index (χ1n) is 10.7. The molecular weight excluding hydrogens is 494 g/mol. The predicted octanol–water partition coefficient (Wildman–Crippen LogP) is 6.07. The van der Waals surface area contributed by atoms with Crippen molar-refractivity contribution in [3.05, 3.63) is 52.8 Å². The summed E-state index contributed by atoms with van der Waals surface area (Å²) >= 11 is 5.76. The molecule has 0 bridgehead atoms. The fourth-order valence-corrected chi connectivity index (χ4v) is 5.60. The van der Waals surface area contributed by atoms with Gasteiger partial charge >= 0.3 is 0 Å². The lowest BCUT2D eigenvalue weighted by Crippen LogP contribution is -2.35. The van der Waals surface area contributed by atoms with E-state index in [1.165, 1.54) is 18.5 Å². The molecule has 1 aromatic carbocycles. The van der Waals surface area contributed by atoms with Crippen LogP contribution in [-0.4, -0.2) is 29.6 Å². The molecule has 184 valence electrons. The van der Waals surface area contributed by atoms with Crippen molar-refractivity contribution in [3.63, 3.8) is 0 Å². The van der Waals surface area contributed by atoms with Crippen LogP contribution in [0.4, 0.5) is 17.6 Å². The molecular formula is C23H24ClF4N3O2S. The second kappa shape index (κ2) is 8.80. The molecule has 1 aliphatic carbocycles. The first-order chi connectivity index (χ1) is 15.8. The number of nitrogens with zero attached hydrogens (tertiary/aromatic N) is 2. The van der Waals surface area contributed by atoms with Gasteiger partial charge in [0.2, 0.25) is 10.0 Å². The van der Waals surface area contributed by atoms with Gasteiger partial charge in [0.1, 0.15) is 17.6 Å². The summed E-state index contributed by atoms with van der Waals surface area (Å²) in [6.45, 7) is 6.16. The molecule has 5 nitrogen and oxygen atoms in total. The van der Waals surface area contributed by atoms with E-state index in [0.717, 1.165) is 12.1 Å². The lowest BCUT2D eigenvalue weighted by Gasteiger charge is -2.20. The molecule has 2 aromatic heterocycles. The Morgan fingerprint density at radius 2 is 1.85 bits per heavy atom. The van der Waals surface area contributed by atoms with Gasteiger partial charge in [-0.1, -0.05) is 32.4 Å². The largest absolute Gasteiger partial charge is 0.347 e. The van der Waals surface area contributed by atoms with Crippen molar-refractivity contribution < 1.29 is 26.0 Å². The van der Waals surface area contributed by atoms with Crippen molar-refractivity contribution in [1.82, 2.24) is 14.3 Å². The Balaban J connectivity index is 1.91. The summed E-state index contributed by atoms with van der Waals surface area (Å²) in [5.41, 5.74) is -0.417. The van der Waals surface area contributed by atoms with Crippen LogP contribution >= 0.6 is 11.6 Å². The van der Waals surface area contributed by atoms with Gasteiger partial charge in [-0.05, 0) is 36.5 Å². The number of fused-ring (bicyclic) bond motifs is 1. The van der Waals surface area contributed by atoms with Gasteiger partial charge in [0.15, 0.2) is 5.82 Å². The van der Waals surface area contributed by atoms with Crippen molar-refractivity contribution in [1.29, 1.82) is 0 Å². The van der Waals surface area contributed by atoms with Crippen LogP contribution in [0.3, 0.4) is 0 Å². The van der Waals surface area contributed by atoms with E-state index in [1.54, 1.807) is 4.57 Å². The molecule has 1 atom stereocenters. The van der Waals surface area contributed by atoms with Crippen LogP contribution in [0.1, 0.15) is 45.2 Å². The Morgan fingerprint density at radius 3 is 2.41 bits per heavy atom. The smallest absolute Gasteiger partial charge is 0.258 e. The molecule has 0 spiro atoms. The quantitative estimate of drug-likeness (QED) is 0.387. The zero-order valence-electron chi connectivity index (χ0n) is 18.7. The molecule has 34 heavy (non-hydrogen) atoms. The molecule has 0 amide bonds. The molecule has 0 aliphatic heterocycles. The van der Waals surface area contributed by atoms with Crippen molar-refractivity contribution in [2.75, 3.05) is 0 Å². The molecule has 3 aromatic rings. The normalized spacial score (nSPS) is 15.9. The SMILES string of the molecule is CC(C)(C)Cn1cc([C@H](NS(=O)(=O)C2CC2)C(F)F)c2cc(F)c(-c3ncc(Cl)cc3F)cc21. The molecule has 1 fully saturated rings. The van der Waals surface area contributed by atoms with E-state index in [4.69, 9.17) is 11.6 Å². The highest BCUT2D eigenvalue weighted by Gasteiger charge is 2.40. The number of sulfonamides is 1. The first kappa shape index (κ1) is 24.9. The van der Waals surface area contributed by atoms with E-state index >= 15 is 4.39 Å². The minimum Gasteiger partial charge on any atom is -0.347 e. The summed E-state index contributed by atoms with van der Waals surface area (Å²) in [6.07, 6.45) is 0.351. The number of rotatable bonds is 7. The van der Waals surface area contributed by atoms with Gasteiger partial charge in [0.25, 0.3) is 6.43 Å². The Morgan fingerprint density at radius 1 is 1.18 bits per heavy atom. The summed E-state index contributed by atoms with van der Waals surface area (Å²) in [4.78, 5) is 3.90. The summed E-state index contributed by atoms with van der Waals surface area (Å²) in [5, 5.41) is -0.536. The Bertz CT molecular complexity index is 1350. The number of halogens is 5. The maximum atomic E-state index is 15.2.